The van der Waals surface area contributed by atoms with Gasteiger partial charge in [0.15, 0.2) is 0 Å². The molecule has 0 aliphatic carbocycles. The number of aromatic nitrogens is 2. The lowest BCUT2D eigenvalue weighted by Crippen LogP contribution is -2.24. The van der Waals surface area contributed by atoms with Gasteiger partial charge in [-0.3, -0.25) is 0 Å². The van der Waals surface area contributed by atoms with E-state index in [4.69, 9.17) is 0 Å². The molecule has 0 aliphatic heterocycles. The van der Waals surface area contributed by atoms with Gasteiger partial charge < -0.3 is 4.57 Å². The second kappa shape index (κ2) is 10.4. The van der Waals surface area contributed by atoms with Crippen LogP contribution >= 0.6 is 0 Å². The monoisotopic (exact) mass is 435 g/mol. The molecule has 0 radical (unpaired) electrons. The highest BCUT2D eigenvalue weighted by molar-refractivity contribution is 7.91. The van der Waals surface area contributed by atoms with Crippen molar-refractivity contribution in [3.8, 4) is 6.07 Å². The molecule has 1 unspecified atom stereocenters. The topological polar surface area (TPSA) is 75.8 Å². The molecule has 162 valence electrons. The largest absolute Gasteiger partial charge is 0.337 e. The zero-order chi connectivity index (χ0) is 22.2. The minimum absolute atomic E-state index is 0.255. The maximum absolute atomic E-state index is 12.9. The molecule has 6 heteroatoms. The summed E-state index contributed by atoms with van der Waals surface area (Å²) in [5, 5.41) is 10.2. The first kappa shape index (κ1) is 22.8. The van der Waals surface area contributed by atoms with Crippen LogP contribution in [-0.4, -0.2) is 18.0 Å². The molecule has 31 heavy (non-hydrogen) atoms. The van der Waals surface area contributed by atoms with Crippen molar-refractivity contribution in [3.63, 3.8) is 0 Å². The van der Waals surface area contributed by atoms with E-state index in [9.17, 15) is 13.7 Å². The lowest BCUT2D eigenvalue weighted by atomic mass is 9.74. The minimum Gasteiger partial charge on any atom is -0.337 e. The van der Waals surface area contributed by atoms with Gasteiger partial charge in [-0.2, -0.15) is 5.26 Å². The normalized spacial score (nSPS) is 13.4. The van der Waals surface area contributed by atoms with Crippen LogP contribution in [-0.2, 0) is 21.8 Å². The standard InChI is InChI=1S/C25H29N3O2S/c1-2-3-15-25(20-26,16-7-8-18-28-19-17-27-21-28)22-11-13-24(14-12-22)31(29,30)23-9-5-4-6-10-23/h4-6,9-14,17,19,21H,2-3,7-8,15-16,18H2,1H3. The molecule has 3 rings (SSSR count). The summed E-state index contributed by atoms with van der Waals surface area (Å²) in [6, 6.07) is 17.9. The molecule has 0 amide bonds. The molecule has 0 spiro atoms. The SMILES string of the molecule is CCCCC(C#N)(CCCCn1ccnc1)c1ccc(S(=O)(=O)c2ccccc2)cc1. The number of nitrogens with zero attached hydrogens (tertiary/aromatic N) is 3. The van der Waals surface area contributed by atoms with E-state index in [1.165, 1.54) is 0 Å². The minimum atomic E-state index is -3.56. The summed E-state index contributed by atoms with van der Waals surface area (Å²) in [6.45, 7) is 3.00. The summed E-state index contributed by atoms with van der Waals surface area (Å²) in [6.07, 6.45) is 10.9. The van der Waals surface area contributed by atoms with Crippen molar-refractivity contribution in [1.29, 1.82) is 5.26 Å². The number of hydrogen-bond acceptors (Lipinski definition) is 4. The number of unbranched alkanes of at least 4 members (excludes halogenated alkanes) is 2. The number of hydrogen-bond donors (Lipinski definition) is 0. The number of aryl methyl sites for hydroxylation is 1. The van der Waals surface area contributed by atoms with Crippen LogP contribution in [0.1, 0.15) is 51.0 Å². The van der Waals surface area contributed by atoms with E-state index >= 15 is 0 Å². The second-order valence-corrected chi connectivity index (χ2v) is 9.85. The lowest BCUT2D eigenvalue weighted by molar-refractivity contribution is 0.418. The molecule has 1 aromatic heterocycles. The Labute approximate surface area is 185 Å². The molecule has 1 atom stereocenters. The van der Waals surface area contributed by atoms with Crippen LogP contribution in [0.25, 0.3) is 0 Å². The van der Waals surface area contributed by atoms with Crippen molar-refractivity contribution in [2.24, 2.45) is 0 Å². The zero-order valence-corrected chi connectivity index (χ0v) is 18.8. The number of benzene rings is 2. The first-order valence-electron chi connectivity index (χ1n) is 10.8. The van der Waals surface area contributed by atoms with Gasteiger partial charge in [0.2, 0.25) is 9.84 Å². The van der Waals surface area contributed by atoms with Crippen molar-refractivity contribution >= 4 is 9.84 Å². The molecular weight excluding hydrogens is 406 g/mol. The van der Waals surface area contributed by atoms with Crippen molar-refractivity contribution in [2.45, 2.75) is 67.2 Å². The fourth-order valence-electron chi connectivity index (χ4n) is 3.90. The Balaban J connectivity index is 1.79. The summed E-state index contributed by atoms with van der Waals surface area (Å²) in [5.74, 6) is 0. The van der Waals surface area contributed by atoms with Crippen LogP contribution < -0.4 is 0 Å². The molecular formula is C25H29N3O2S. The molecule has 5 nitrogen and oxygen atoms in total. The Hall–Kier alpha value is -2.91. The van der Waals surface area contributed by atoms with Crippen LogP contribution in [0.3, 0.4) is 0 Å². The smallest absolute Gasteiger partial charge is 0.206 e. The van der Waals surface area contributed by atoms with Gasteiger partial charge in [-0.05, 0) is 55.5 Å². The summed E-state index contributed by atoms with van der Waals surface area (Å²) >= 11 is 0. The summed E-state index contributed by atoms with van der Waals surface area (Å²) in [4.78, 5) is 4.60. The van der Waals surface area contributed by atoms with Crippen molar-refractivity contribution in [3.05, 3.63) is 78.9 Å². The number of imidazole rings is 1. The fourth-order valence-corrected chi connectivity index (χ4v) is 5.18. The summed E-state index contributed by atoms with van der Waals surface area (Å²) in [7, 11) is -3.56. The van der Waals surface area contributed by atoms with E-state index in [2.05, 4.69) is 18.0 Å². The first-order chi connectivity index (χ1) is 15.0. The fraction of sp³-hybridized carbons (Fsp3) is 0.360. The Morgan fingerprint density at radius 2 is 1.65 bits per heavy atom. The number of sulfone groups is 1. The van der Waals surface area contributed by atoms with E-state index < -0.39 is 15.3 Å². The average molecular weight is 436 g/mol. The van der Waals surface area contributed by atoms with Gasteiger partial charge in [0.05, 0.1) is 27.6 Å². The van der Waals surface area contributed by atoms with Crippen LogP contribution in [0.4, 0.5) is 0 Å². The summed E-state index contributed by atoms with van der Waals surface area (Å²) < 4.78 is 27.8. The first-order valence-corrected chi connectivity index (χ1v) is 12.3. The van der Waals surface area contributed by atoms with Gasteiger partial charge in [-0.1, -0.05) is 50.1 Å². The van der Waals surface area contributed by atoms with Gasteiger partial charge in [0.25, 0.3) is 0 Å². The average Bonchev–Trinajstić information content (AvgIpc) is 3.33. The van der Waals surface area contributed by atoms with Crippen LogP contribution in [0.2, 0.25) is 0 Å². The summed E-state index contributed by atoms with van der Waals surface area (Å²) in [5.41, 5.74) is 0.304. The second-order valence-electron chi connectivity index (χ2n) is 7.90. The van der Waals surface area contributed by atoms with Gasteiger partial charge in [0, 0.05) is 18.9 Å². The third-order valence-electron chi connectivity index (χ3n) is 5.77. The Morgan fingerprint density at radius 1 is 0.968 bits per heavy atom. The highest BCUT2D eigenvalue weighted by Gasteiger charge is 2.31. The Bertz CT molecular complexity index is 1090. The third kappa shape index (κ3) is 5.42. The molecule has 0 aliphatic rings. The number of nitriles is 1. The molecule has 1 heterocycles. The zero-order valence-electron chi connectivity index (χ0n) is 17.9. The number of rotatable bonds is 11. The Morgan fingerprint density at radius 3 is 2.26 bits per heavy atom. The van der Waals surface area contributed by atoms with E-state index in [0.717, 1.165) is 50.6 Å². The van der Waals surface area contributed by atoms with Gasteiger partial charge in [-0.15, -0.1) is 0 Å². The quantitative estimate of drug-likeness (QED) is 0.371. The van der Waals surface area contributed by atoms with Crippen molar-refractivity contribution in [1.82, 2.24) is 9.55 Å². The van der Waals surface area contributed by atoms with Crippen LogP contribution in [0, 0.1) is 11.3 Å². The van der Waals surface area contributed by atoms with Crippen molar-refractivity contribution < 1.29 is 8.42 Å². The van der Waals surface area contributed by atoms with Crippen LogP contribution in [0.15, 0.2) is 83.1 Å². The molecule has 0 N–H and O–H groups in total. The maximum atomic E-state index is 12.9. The molecule has 0 saturated heterocycles. The van der Waals surface area contributed by atoms with E-state index in [1.807, 2.05) is 22.9 Å². The van der Waals surface area contributed by atoms with Gasteiger partial charge in [0.1, 0.15) is 0 Å². The van der Waals surface area contributed by atoms with Crippen molar-refractivity contribution in [2.75, 3.05) is 0 Å². The van der Waals surface area contributed by atoms with Gasteiger partial charge in [-0.25, -0.2) is 13.4 Å². The molecule has 0 saturated carbocycles. The predicted octanol–water partition coefficient (Wildman–Crippen LogP) is 5.54. The predicted molar refractivity (Wildman–Crippen MR) is 121 cm³/mol. The van der Waals surface area contributed by atoms with E-state index in [0.29, 0.717) is 0 Å². The third-order valence-corrected chi connectivity index (χ3v) is 7.56. The van der Waals surface area contributed by atoms with Gasteiger partial charge >= 0.3 is 0 Å². The molecule has 0 bridgehead atoms. The van der Waals surface area contributed by atoms with E-state index in [1.54, 1.807) is 55.0 Å². The Kier molecular flexibility index (Phi) is 7.64. The highest BCUT2D eigenvalue weighted by atomic mass is 32.2. The molecule has 0 fully saturated rings. The molecule has 3 aromatic rings. The lowest BCUT2D eigenvalue weighted by Gasteiger charge is -2.27. The molecule has 2 aromatic carbocycles. The van der Waals surface area contributed by atoms with E-state index in [-0.39, 0.29) is 9.79 Å². The highest BCUT2D eigenvalue weighted by Crippen LogP contribution is 2.36. The maximum Gasteiger partial charge on any atom is 0.206 e. The van der Waals surface area contributed by atoms with Crippen LogP contribution in [0.5, 0.6) is 0 Å².